The minimum absolute atomic E-state index is 0.0836. The lowest BCUT2D eigenvalue weighted by Crippen LogP contribution is -2.20. The zero-order valence-electron chi connectivity index (χ0n) is 11.4. The van der Waals surface area contributed by atoms with E-state index in [4.69, 9.17) is 5.73 Å². The Morgan fingerprint density at radius 1 is 1.24 bits per heavy atom. The van der Waals surface area contributed by atoms with Crippen molar-refractivity contribution in [1.82, 2.24) is 0 Å². The smallest absolute Gasteiger partial charge is 0.231 e. The number of amides is 1. The number of likely N-dealkylation sites (N-methyl/N-ethyl adjacent to an activating group) is 1. The summed E-state index contributed by atoms with van der Waals surface area (Å²) in [5.74, 6) is -0.229. The fourth-order valence-electron chi connectivity index (χ4n) is 2.58. The van der Waals surface area contributed by atoms with Crippen molar-refractivity contribution in [3.05, 3.63) is 63.4 Å². The van der Waals surface area contributed by atoms with Crippen LogP contribution < -0.4 is 10.6 Å². The molecule has 21 heavy (non-hydrogen) atoms. The number of rotatable bonds is 2. The first-order chi connectivity index (χ1) is 9.97. The molecule has 3 nitrogen and oxygen atoms in total. The van der Waals surface area contributed by atoms with Gasteiger partial charge >= 0.3 is 0 Å². The van der Waals surface area contributed by atoms with Crippen LogP contribution in [-0.2, 0) is 11.2 Å². The fraction of sp³-hybridized carbons (Fsp3) is 0.188. The summed E-state index contributed by atoms with van der Waals surface area (Å²) in [4.78, 5) is 13.4. The van der Waals surface area contributed by atoms with Crippen LogP contribution in [0, 0.1) is 5.82 Å². The first-order valence-corrected chi connectivity index (χ1v) is 7.36. The number of halogens is 2. The van der Waals surface area contributed by atoms with Crippen LogP contribution in [0.4, 0.5) is 10.1 Å². The molecule has 1 amide bonds. The first kappa shape index (κ1) is 14.2. The summed E-state index contributed by atoms with van der Waals surface area (Å²) in [5, 5.41) is 0. The van der Waals surface area contributed by atoms with E-state index in [9.17, 15) is 9.18 Å². The zero-order valence-corrected chi connectivity index (χ0v) is 13.0. The van der Waals surface area contributed by atoms with E-state index in [1.165, 1.54) is 6.07 Å². The minimum atomic E-state index is -0.354. The number of nitrogens with two attached hydrogens (primary N) is 1. The lowest BCUT2D eigenvalue weighted by Gasteiger charge is -2.15. The molecule has 0 spiro atoms. The van der Waals surface area contributed by atoms with Crippen LogP contribution in [0.5, 0.6) is 0 Å². The van der Waals surface area contributed by atoms with Crippen LogP contribution in [0.1, 0.15) is 22.7 Å². The van der Waals surface area contributed by atoms with E-state index in [1.54, 1.807) is 24.1 Å². The Labute approximate surface area is 130 Å². The Bertz CT molecular complexity index is 732. The lowest BCUT2D eigenvalue weighted by atomic mass is 9.97. The quantitative estimate of drug-likeness (QED) is 0.905. The van der Waals surface area contributed by atoms with Crippen LogP contribution in [0.3, 0.4) is 0 Å². The third-order valence-electron chi connectivity index (χ3n) is 3.84. The summed E-state index contributed by atoms with van der Waals surface area (Å²) < 4.78 is 13.7. The molecule has 108 valence electrons. The molecule has 2 aromatic rings. The molecular formula is C16H14BrFN2O. The molecule has 0 radical (unpaired) electrons. The normalized spacial score (nSPS) is 15.2. The van der Waals surface area contributed by atoms with Crippen molar-refractivity contribution in [2.75, 3.05) is 11.9 Å². The molecule has 2 N–H and O–H groups in total. The summed E-state index contributed by atoms with van der Waals surface area (Å²) in [6.45, 7) is 0. The van der Waals surface area contributed by atoms with E-state index >= 15 is 0 Å². The second kappa shape index (κ2) is 5.24. The molecule has 2 aromatic carbocycles. The maximum atomic E-state index is 13.3. The summed E-state index contributed by atoms with van der Waals surface area (Å²) in [6.07, 6.45) is 0.402. The maximum absolute atomic E-state index is 13.3. The molecule has 0 fully saturated rings. The third-order valence-corrected chi connectivity index (χ3v) is 4.45. The second-order valence-electron chi connectivity index (χ2n) is 5.17. The third kappa shape index (κ3) is 2.47. The lowest BCUT2D eigenvalue weighted by molar-refractivity contribution is -0.117. The van der Waals surface area contributed by atoms with Gasteiger partial charge in [0, 0.05) is 12.7 Å². The van der Waals surface area contributed by atoms with Crippen LogP contribution in [0.15, 0.2) is 40.9 Å². The van der Waals surface area contributed by atoms with Crippen LogP contribution in [0.2, 0.25) is 0 Å². The van der Waals surface area contributed by atoms with Gasteiger partial charge < -0.3 is 10.6 Å². The molecule has 0 aromatic heterocycles. The van der Waals surface area contributed by atoms with E-state index in [-0.39, 0.29) is 17.8 Å². The maximum Gasteiger partial charge on any atom is 0.231 e. The SMILES string of the molecule is CN1C(=O)Cc2cc(C(N)c3ccc(F)c(Br)c3)ccc21. The Kier molecular flexibility index (Phi) is 3.55. The molecule has 1 heterocycles. The van der Waals surface area contributed by atoms with Gasteiger partial charge in [-0.05, 0) is 50.8 Å². The number of benzene rings is 2. The second-order valence-corrected chi connectivity index (χ2v) is 6.02. The van der Waals surface area contributed by atoms with E-state index in [2.05, 4.69) is 15.9 Å². The van der Waals surface area contributed by atoms with Crippen LogP contribution >= 0.6 is 15.9 Å². The molecule has 0 aliphatic carbocycles. The number of hydrogen-bond acceptors (Lipinski definition) is 2. The van der Waals surface area contributed by atoms with Crippen molar-refractivity contribution in [3.63, 3.8) is 0 Å². The van der Waals surface area contributed by atoms with Crippen LogP contribution in [-0.4, -0.2) is 13.0 Å². The Morgan fingerprint density at radius 2 is 1.90 bits per heavy atom. The molecule has 1 aliphatic heterocycles. The Balaban J connectivity index is 1.96. The first-order valence-electron chi connectivity index (χ1n) is 6.57. The predicted octanol–water partition coefficient (Wildman–Crippen LogP) is 3.16. The highest BCUT2D eigenvalue weighted by Gasteiger charge is 2.24. The van der Waals surface area contributed by atoms with Gasteiger partial charge in [0.1, 0.15) is 5.82 Å². The number of anilines is 1. The monoisotopic (exact) mass is 348 g/mol. The molecule has 0 saturated heterocycles. The number of hydrogen-bond donors (Lipinski definition) is 1. The number of fused-ring (bicyclic) bond motifs is 1. The predicted molar refractivity (Wildman–Crippen MR) is 83.7 cm³/mol. The topological polar surface area (TPSA) is 46.3 Å². The molecule has 0 saturated carbocycles. The van der Waals surface area contributed by atoms with E-state index in [0.29, 0.717) is 10.9 Å². The highest BCUT2D eigenvalue weighted by molar-refractivity contribution is 9.10. The molecule has 1 aliphatic rings. The van der Waals surface area contributed by atoms with Gasteiger partial charge in [-0.3, -0.25) is 4.79 Å². The van der Waals surface area contributed by atoms with E-state index in [1.807, 2.05) is 18.2 Å². The highest BCUT2D eigenvalue weighted by atomic mass is 79.9. The summed E-state index contributed by atoms with van der Waals surface area (Å²) in [5.41, 5.74) is 9.90. The fourth-order valence-corrected chi connectivity index (χ4v) is 2.98. The molecule has 0 bridgehead atoms. The highest BCUT2D eigenvalue weighted by Crippen LogP contribution is 2.32. The van der Waals surface area contributed by atoms with Gasteiger partial charge in [0.2, 0.25) is 5.91 Å². The van der Waals surface area contributed by atoms with Crippen molar-refractivity contribution in [2.24, 2.45) is 5.73 Å². The molecule has 3 rings (SSSR count). The van der Waals surface area contributed by atoms with Gasteiger partial charge in [0.15, 0.2) is 0 Å². The average Bonchev–Trinajstić information content (AvgIpc) is 2.76. The summed E-state index contributed by atoms with van der Waals surface area (Å²) in [7, 11) is 1.77. The van der Waals surface area contributed by atoms with Crippen molar-refractivity contribution in [2.45, 2.75) is 12.5 Å². The van der Waals surface area contributed by atoms with Crippen molar-refractivity contribution >= 4 is 27.5 Å². The van der Waals surface area contributed by atoms with Gasteiger partial charge in [-0.2, -0.15) is 0 Å². The Hall–Kier alpha value is -1.72. The molecule has 1 atom stereocenters. The van der Waals surface area contributed by atoms with Crippen molar-refractivity contribution < 1.29 is 9.18 Å². The minimum Gasteiger partial charge on any atom is -0.320 e. The number of carbonyl (C=O) groups is 1. The zero-order chi connectivity index (χ0) is 15.1. The standard InChI is InChI=1S/C16H14BrFN2O/c1-20-14-5-3-9(6-11(14)8-15(20)21)16(19)10-2-4-13(18)12(17)7-10/h2-7,16H,8,19H2,1H3. The average molecular weight is 349 g/mol. The molecule has 5 heteroatoms. The van der Waals surface area contributed by atoms with E-state index < -0.39 is 0 Å². The van der Waals surface area contributed by atoms with Gasteiger partial charge in [0.05, 0.1) is 16.9 Å². The van der Waals surface area contributed by atoms with Gasteiger partial charge in [0.25, 0.3) is 0 Å². The Morgan fingerprint density at radius 3 is 2.62 bits per heavy atom. The van der Waals surface area contributed by atoms with Gasteiger partial charge in [-0.1, -0.05) is 18.2 Å². The summed E-state index contributed by atoms with van der Waals surface area (Å²) >= 11 is 3.17. The largest absolute Gasteiger partial charge is 0.320 e. The molecule has 1 unspecified atom stereocenters. The van der Waals surface area contributed by atoms with E-state index in [0.717, 1.165) is 22.4 Å². The van der Waals surface area contributed by atoms with Crippen molar-refractivity contribution in [3.8, 4) is 0 Å². The number of nitrogens with zero attached hydrogens (tertiary/aromatic N) is 1. The van der Waals surface area contributed by atoms with Gasteiger partial charge in [-0.25, -0.2) is 4.39 Å². The van der Waals surface area contributed by atoms with Crippen LogP contribution in [0.25, 0.3) is 0 Å². The summed E-state index contributed by atoms with van der Waals surface area (Å²) in [6, 6.07) is 10.2. The van der Waals surface area contributed by atoms with Crippen molar-refractivity contribution in [1.29, 1.82) is 0 Å². The number of carbonyl (C=O) groups excluding carboxylic acids is 1. The molecular weight excluding hydrogens is 335 g/mol. The van der Waals surface area contributed by atoms with Gasteiger partial charge in [-0.15, -0.1) is 0 Å².